The third-order valence-corrected chi connectivity index (χ3v) is 14.0. The second-order valence-electron chi connectivity index (χ2n) is 19.3. The van der Waals surface area contributed by atoms with Crippen LogP contribution < -0.4 is 0 Å². The standard InChI is InChI=1S/C52H74BrClO17/c1-13-31-22-27(6)34(56)18-16-15-17-32(24-66-51-46(64-12)43(61)45(30(9)67-51)69-49(63)36-33(14-2)37(53)40(58)38(54)39(36)57)48(62)68-35(29(8)55)20-19-26(5)21-28(7)44(31)70-50-42(60)41(59)47(52(10,11)71-50)65-23-25(3)4/h15-17,19,21-22,25,30-31,34-35,41-47,50-51,56-61H,13-14,18,20,23-24H2,1-12H3. The molecule has 2 fully saturated rings. The number of ether oxygens (including phenoxy) is 8. The lowest BCUT2D eigenvalue weighted by Crippen LogP contribution is -2.64. The monoisotopic (exact) mass is 1080 g/mol. The van der Waals surface area contributed by atoms with Crippen LogP contribution in [0.5, 0.6) is 11.5 Å². The maximum Gasteiger partial charge on any atom is 0.342 e. The molecule has 0 radical (unpaired) electrons. The van der Waals surface area contributed by atoms with Gasteiger partial charge in [0.25, 0.3) is 0 Å². The molecular formula is C52H74BrClO17. The van der Waals surface area contributed by atoms with E-state index in [-0.39, 0.29) is 52.3 Å². The van der Waals surface area contributed by atoms with Gasteiger partial charge in [0.2, 0.25) is 0 Å². The Morgan fingerprint density at radius 3 is 2.24 bits per heavy atom. The van der Waals surface area contributed by atoms with Gasteiger partial charge in [-0.3, -0.25) is 4.79 Å². The van der Waals surface area contributed by atoms with Gasteiger partial charge in [-0.2, -0.15) is 0 Å². The fourth-order valence-corrected chi connectivity index (χ4v) is 9.64. The molecule has 6 N–H and O–H groups in total. The molecule has 0 spiro atoms. The first-order valence-electron chi connectivity index (χ1n) is 24.0. The number of carbonyl (C=O) groups is 3. The maximum atomic E-state index is 13.9. The van der Waals surface area contributed by atoms with Crippen LogP contribution in [0.4, 0.5) is 0 Å². The Morgan fingerprint density at radius 2 is 1.63 bits per heavy atom. The van der Waals surface area contributed by atoms with Crippen molar-refractivity contribution in [3.63, 3.8) is 0 Å². The minimum absolute atomic E-state index is 0.00329. The van der Waals surface area contributed by atoms with E-state index >= 15 is 0 Å². The van der Waals surface area contributed by atoms with Crippen LogP contribution in [0.15, 0.2) is 63.2 Å². The highest BCUT2D eigenvalue weighted by atomic mass is 79.9. The molecule has 0 aliphatic carbocycles. The molecular weight excluding hydrogens is 1010 g/mol. The molecule has 13 atom stereocenters. The van der Waals surface area contributed by atoms with Gasteiger partial charge in [-0.15, -0.1) is 0 Å². The van der Waals surface area contributed by atoms with Gasteiger partial charge in [0.1, 0.15) is 41.1 Å². The van der Waals surface area contributed by atoms with E-state index in [1.807, 2.05) is 46.8 Å². The second-order valence-corrected chi connectivity index (χ2v) is 20.5. The number of esters is 2. The van der Waals surface area contributed by atoms with Crippen LogP contribution in [0.3, 0.4) is 0 Å². The summed E-state index contributed by atoms with van der Waals surface area (Å²) in [5, 5.41) is 66.1. The van der Waals surface area contributed by atoms with Gasteiger partial charge in [0.05, 0.1) is 40.6 Å². The number of halogens is 2. The number of hydrogen-bond donors (Lipinski definition) is 6. The molecule has 0 bridgehead atoms. The van der Waals surface area contributed by atoms with Crippen molar-refractivity contribution in [2.75, 3.05) is 20.3 Å². The SMILES string of the molecule is CCc1c(Br)c(O)c(Cl)c(O)c1C(=O)OC1C(C)OC(OCC2=CC=CCC(O)C(C)=CC(CC)C(OC3OC(C)(C)C(OCC(C)C)C(O)C3O)C(C)=CC(C)=CCC(C(C)=O)OC2=O)C(OC)C1O. The van der Waals surface area contributed by atoms with Crippen molar-refractivity contribution in [3.05, 3.63) is 79.4 Å². The fraction of sp³-hybridized carbons (Fsp3) is 0.635. The smallest absolute Gasteiger partial charge is 0.342 e. The minimum atomic E-state index is -1.55. The summed E-state index contributed by atoms with van der Waals surface area (Å²) in [6.45, 7) is 19.3. The molecule has 71 heavy (non-hydrogen) atoms. The molecule has 398 valence electrons. The first-order chi connectivity index (χ1) is 33.3. The zero-order valence-electron chi connectivity index (χ0n) is 42.7. The van der Waals surface area contributed by atoms with Crippen LogP contribution in [0, 0.1) is 11.8 Å². The number of phenolic OH excluding ortho intramolecular Hbond substituents is 2. The number of phenols is 2. The Labute approximate surface area is 430 Å². The fourth-order valence-electron chi connectivity index (χ4n) is 8.66. The molecule has 17 nitrogen and oxygen atoms in total. The molecule has 1 aromatic rings. The molecule has 13 unspecified atom stereocenters. The van der Waals surface area contributed by atoms with Crippen LogP contribution in [0.1, 0.15) is 111 Å². The summed E-state index contributed by atoms with van der Waals surface area (Å²) in [6, 6.07) is 0. The molecule has 3 aliphatic rings. The van der Waals surface area contributed by atoms with Crippen molar-refractivity contribution < 1.29 is 82.9 Å². The number of aliphatic hydroxyl groups excluding tert-OH is 4. The van der Waals surface area contributed by atoms with Gasteiger partial charge in [-0.25, -0.2) is 9.59 Å². The van der Waals surface area contributed by atoms with E-state index in [1.54, 1.807) is 39.8 Å². The van der Waals surface area contributed by atoms with Gasteiger partial charge in [0.15, 0.2) is 42.1 Å². The number of carbonyl (C=O) groups excluding carboxylic acids is 3. The molecule has 3 heterocycles. The largest absolute Gasteiger partial charge is 0.505 e. The minimum Gasteiger partial charge on any atom is -0.505 e. The summed E-state index contributed by atoms with van der Waals surface area (Å²) in [4.78, 5) is 40.4. The van der Waals surface area contributed by atoms with Crippen molar-refractivity contribution >= 4 is 45.3 Å². The lowest BCUT2D eigenvalue weighted by atomic mass is 9.88. The number of hydrogen-bond acceptors (Lipinski definition) is 17. The third-order valence-electron chi connectivity index (χ3n) is 12.8. The highest BCUT2D eigenvalue weighted by molar-refractivity contribution is 9.10. The number of Topliss-reactive ketones (excluding diaryl/α,β-unsaturated/α-hetero) is 1. The lowest BCUT2D eigenvalue weighted by Gasteiger charge is -2.48. The van der Waals surface area contributed by atoms with Gasteiger partial charge in [-0.1, -0.05) is 75.2 Å². The molecule has 2 saturated heterocycles. The summed E-state index contributed by atoms with van der Waals surface area (Å²) >= 11 is 9.30. The van der Waals surface area contributed by atoms with Gasteiger partial charge in [0, 0.05) is 26.1 Å². The van der Waals surface area contributed by atoms with E-state index in [0.29, 0.717) is 29.7 Å². The van der Waals surface area contributed by atoms with E-state index in [9.17, 15) is 45.0 Å². The number of methoxy groups -OCH3 is 1. The van der Waals surface area contributed by atoms with Gasteiger partial charge >= 0.3 is 11.9 Å². The number of aliphatic hydroxyl groups is 4. The zero-order valence-corrected chi connectivity index (χ0v) is 45.1. The maximum absolute atomic E-state index is 13.9. The van der Waals surface area contributed by atoms with Gasteiger partial charge in [-0.05, 0) is 112 Å². The summed E-state index contributed by atoms with van der Waals surface area (Å²) in [7, 11) is 1.27. The van der Waals surface area contributed by atoms with Crippen LogP contribution in [-0.4, -0.2) is 148 Å². The summed E-state index contributed by atoms with van der Waals surface area (Å²) in [5.74, 6) is -3.71. The highest BCUT2D eigenvalue weighted by Crippen LogP contribution is 2.45. The first kappa shape index (κ1) is 60.1. The second kappa shape index (κ2) is 26.6. The highest BCUT2D eigenvalue weighted by Gasteiger charge is 2.52. The van der Waals surface area contributed by atoms with Crippen LogP contribution in [0.2, 0.25) is 5.02 Å². The molecule has 3 aliphatic heterocycles. The predicted molar refractivity (Wildman–Crippen MR) is 267 cm³/mol. The number of benzene rings is 1. The summed E-state index contributed by atoms with van der Waals surface area (Å²) in [5.41, 5.74) is 0.845. The van der Waals surface area contributed by atoms with Gasteiger partial charge < -0.3 is 68.5 Å². The van der Waals surface area contributed by atoms with E-state index < -0.39 is 120 Å². The topological polar surface area (TPSA) is 246 Å². The zero-order chi connectivity index (χ0) is 53.2. The van der Waals surface area contributed by atoms with Crippen molar-refractivity contribution in [3.8, 4) is 11.5 Å². The Hall–Kier alpha value is -3.50. The summed E-state index contributed by atoms with van der Waals surface area (Å²) in [6.07, 6.45) is -3.31. The lowest BCUT2D eigenvalue weighted by molar-refractivity contribution is -0.338. The molecule has 0 amide bonds. The first-order valence-corrected chi connectivity index (χ1v) is 25.2. The van der Waals surface area contributed by atoms with Crippen LogP contribution in [-0.2, 0) is 53.9 Å². The van der Waals surface area contributed by atoms with Crippen LogP contribution >= 0.6 is 27.5 Å². The molecule has 0 aromatic heterocycles. The molecule has 19 heteroatoms. The van der Waals surface area contributed by atoms with Crippen molar-refractivity contribution in [2.24, 2.45) is 11.8 Å². The Bertz CT molecular complexity index is 2180. The predicted octanol–water partition coefficient (Wildman–Crippen LogP) is 7.03. The van der Waals surface area contributed by atoms with Crippen molar-refractivity contribution in [2.45, 2.75) is 181 Å². The Morgan fingerprint density at radius 1 is 0.958 bits per heavy atom. The number of cyclic esters (lactones) is 1. The average molecular weight is 1090 g/mol. The van der Waals surface area contributed by atoms with E-state index in [2.05, 4.69) is 15.9 Å². The Kier molecular flexibility index (Phi) is 22.5. The number of ketones is 1. The van der Waals surface area contributed by atoms with Crippen molar-refractivity contribution in [1.29, 1.82) is 0 Å². The van der Waals surface area contributed by atoms with Crippen LogP contribution in [0.25, 0.3) is 0 Å². The average Bonchev–Trinajstić information content (AvgIpc) is 3.30. The number of allylic oxidation sites excluding steroid dienone is 4. The Balaban J connectivity index is 1.60. The number of rotatable bonds is 14. The normalized spacial score (nSPS) is 31.4. The third kappa shape index (κ3) is 15.1. The summed E-state index contributed by atoms with van der Waals surface area (Å²) < 4.78 is 48.1. The van der Waals surface area contributed by atoms with E-state index in [1.165, 1.54) is 33.1 Å². The molecule has 0 saturated carbocycles. The molecule has 4 rings (SSSR count). The van der Waals surface area contributed by atoms with E-state index in [0.717, 1.165) is 0 Å². The van der Waals surface area contributed by atoms with E-state index in [4.69, 9.17) is 49.5 Å². The van der Waals surface area contributed by atoms with Crippen molar-refractivity contribution in [1.82, 2.24) is 0 Å². The quantitative estimate of drug-likeness (QED) is 0.0809. The molecule has 1 aromatic carbocycles. The number of aromatic hydroxyl groups is 2.